The highest BCUT2D eigenvalue weighted by Crippen LogP contribution is 2.50. The molecule has 1 heterocycles. The molecule has 0 saturated carbocycles. The predicted octanol–water partition coefficient (Wildman–Crippen LogP) is 3.30. The number of ether oxygens (including phenoxy) is 1. The van der Waals surface area contributed by atoms with Crippen LogP contribution in [-0.2, 0) is 0 Å². The van der Waals surface area contributed by atoms with Crippen LogP contribution in [0.4, 0.5) is 5.69 Å². The SMILES string of the molecule is COc1ccc2c(c1)SC(SN)N2C(C)(C)C. The molecule has 1 aliphatic rings. The van der Waals surface area contributed by atoms with Crippen molar-refractivity contribution in [3.05, 3.63) is 18.2 Å². The summed E-state index contributed by atoms with van der Waals surface area (Å²) < 4.78 is 5.49. The van der Waals surface area contributed by atoms with Crippen LogP contribution in [0.15, 0.2) is 23.1 Å². The Labute approximate surface area is 111 Å². The van der Waals surface area contributed by atoms with Gasteiger partial charge < -0.3 is 9.64 Å². The van der Waals surface area contributed by atoms with Gasteiger partial charge in [0, 0.05) is 10.4 Å². The zero-order valence-electron chi connectivity index (χ0n) is 10.6. The topological polar surface area (TPSA) is 38.5 Å². The molecule has 0 fully saturated rings. The van der Waals surface area contributed by atoms with Crippen LogP contribution in [0.1, 0.15) is 20.8 Å². The van der Waals surface area contributed by atoms with Crippen molar-refractivity contribution in [3.63, 3.8) is 0 Å². The maximum Gasteiger partial charge on any atom is 0.141 e. The minimum absolute atomic E-state index is 0.0594. The van der Waals surface area contributed by atoms with Crippen molar-refractivity contribution in [2.75, 3.05) is 12.0 Å². The molecular formula is C12H18N2OS2. The Morgan fingerprint density at radius 3 is 2.65 bits per heavy atom. The van der Waals surface area contributed by atoms with Crippen molar-refractivity contribution in [1.29, 1.82) is 0 Å². The van der Waals surface area contributed by atoms with Crippen LogP contribution in [0.2, 0.25) is 0 Å². The summed E-state index contributed by atoms with van der Waals surface area (Å²) in [6.07, 6.45) is 0. The Morgan fingerprint density at radius 1 is 1.41 bits per heavy atom. The number of benzene rings is 1. The van der Waals surface area contributed by atoms with Crippen molar-refractivity contribution >= 4 is 29.4 Å². The zero-order chi connectivity index (χ0) is 12.6. The standard InChI is InChI=1S/C12H18N2OS2/c1-12(2,3)14-9-6-5-8(15-4)7-10(9)16-11(14)17-13/h5-7,11H,13H2,1-4H3. The van der Waals surface area contributed by atoms with E-state index in [0.29, 0.717) is 0 Å². The molecule has 1 atom stereocenters. The number of methoxy groups -OCH3 is 1. The molecule has 1 aromatic rings. The summed E-state index contributed by atoms with van der Waals surface area (Å²) in [5.74, 6) is 0.896. The van der Waals surface area contributed by atoms with Crippen LogP contribution < -0.4 is 14.8 Å². The third kappa shape index (κ3) is 2.37. The molecule has 0 bridgehead atoms. The van der Waals surface area contributed by atoms with Gasteiger partial charge >= 0.3 is 0 Å². The van der Waals surface area contributed by atoms with Crippen LogP contribution in [-0.4, -0.2) is 17.4 Å². The lowest BCUT2D eigenvalue weighted by molar-refractivity contribution is 0.413. The lowest BCUT2D eigenvalue weighted by Crippen LogP contribution is -2.44. The van der Waals surface area contributed by atoms with E-state index in [2.05, 4.69) is 37.8 Å². The largest absolute Gasteiger partial charge is 0.497 e. The van der Waals surface area contributed by atoms with Crippen LogP contribution in [0.5, 0.6) is 5.75 Å². The van der Waals surface area contributed by atoms with E-state index >= 15 is 0 Å². The Morgan fingerprint density at radius 2 is 2.12 bits per heavy atom. The van der Waals surface area contributed by atoms with Gasteiger partial charge in [0.2, 0.25) is 0 Å². The quantitative estimate of drug-likeness (QED) is 0.835. The first kappa shape index (κ1) is 12.9. The number of nitrogens with two attached hydrogens (primary N) is 1. The van der Waals surface area contributed by atoms with Crippen molar-refractivity contribution in [3.8, 4) is 5.75 Å². The molecular weight excluding hydrogens is 252 g/mol. The van der Waals surface area contributed by atoms with Gasteiger partial charge in [0.1, 0.15) is 10.5 Å². The first-order chi connectivity index (χ1) is 7.97. The Balaban J connectivity index is 2.42. The highest BCUT2D eigenvalue weighted by atomic mass is 32.2. The van der Waals surface area contributed by atoms with Gasteiger partial charge in [0.15, 0.2) is 0 Å². The molecule has 0 spiro atoms. The first-order valence-electron chi connectivity index (χ1n) is 5.47. The van der Waals surface area contributed by atoms with Gasteiger partial charge in [-0.25, -0.2) is 0 Å². The number of hydrogen-bond donors (Lipinski definition) is 1. The zero-order valence-corrected chi connectivity index (χ0v) is 12.2. The van der Waals surface area contributed by atoms with Gasteiger partial charge in [-0.1, -0.05) is 11.8 Å². The van der Waals surface area contributed by atoms with Crippen LogP contribution in [0.3, 0.4) is 0 Å². The third-order valence-corrected chi connectivity index (χ3v) is 4.76. The fourth-order valence-corrected chi connectivity index (χ4v) is 4.26. The van der Waals surface area contributed by atoms with Crippen molar-refractivity contribution < 1.29 is 4.74 Å². The molecule has 94 valence electrons. The van der Waals surface area contributed by atoms with E-state index in [0.717, 1.165) is 5.75 Å². The second kappa shape index (κ2) is 4.63. The minimum atomic E-state index is 0.0594. The van der Waals surface area contributed by atoms with Crippen LogP contribution in [0, 0.1) is 0 Å². The number of thioether (sulfide) groups is 1. The van der Waals surface area contributed by atoms with E-state index in [9.17, 15) is 0 Å². The van der Waals surface area contributed by atoms with E-state index in [1.165, 1.54) is 22.5 Å². The third-order valence-electron chi connectivity index (χ3n) is 2.70. The molecule has 0 saturated heterocycles. The first-order valence-corrected chi connectivity index (χ1v) is 7.29. The fraction of sp³-hybridized carbons (Fsp3) is 0.500. The van der Waals surface area contributed by atoms with Crippen LogP contribution >= 0.6 is 23.7 Å². The maximum absolute atomic E-state index is 5.79. The van der Waals surface area contributed by atoms with Gasteiger partial charge in [-0.3, -0.25) is 5.14 Å². The van der Waals surface area contributed by atoms with Gasteiger partial charge in [-0.05, 0) is 50.9 Å². The molecule has 3 nitrogen and oxygen atoms in total. The molecule has 1 aliphatic heterocycles. The Kier molecular flexibility index (Phi) is 3.52. The summed E-state index contributed by atoms with van der Waals surface area (Å²) in [6, 6.07) is 6.19. The van der Waals surface area contributed by atoms with E-state index in [4.69, 9.17) is 9.88 Å². The van der Waals surface area contributed by atoms with Crippen molar-refractivity contribution in [2.45, 2.75) is 35.9 Å². The van der Waals surface area contributed by atoms with E-state index in [1.807, 2.05) is 6.07 Å². The summed E-state index contributed by atoms with van der Waals surface area (Å²) in [5, 5.41) is 5.79. The summed E-state index contributed by atoms with van der Waals surface area (Å²) >= 11 is 3.17. The van der Waals surface area contributed by atoms with Crippen molar-refractivity contribution in [1.82, 2.24) is 0 Å². The maximum atomic E-state index is 5.79. The van der Waals surface area contributed by atoms with E-state index < -0.39 is 0 Å². The highest BCUT2D eigenvalue weighted by Gasteiger charge is 2.37. The van der Waals surface area contributed by atoms with E-state index in [1.54, 1.807) is 18.9 Å². The van der Waals surface area contributed by atoms with E-state index in [-0.39, 0.29) is 10.2 Å². The van der Waals surface area contributed by atoms with Crippen LogP contribution in [0.25, 0.3) is 0 Å². The molecule has 1 unspecified atom stereocenters. The number of nitrogens with zero attached hydrogens (tertiary/aromatic N) is 1. The summed E-state index contributed by atoms with van der Waals surface area (Å²) in [6.45, 7) is 6.61. The smallest absolute Gasteiger partial charge is 0.141 e. The molecule has 17 heavy (non-hydrogen) atoms. The van der Waals surface area contributed by atoms with Gasteiger partial charge in [-0.2, -0.15) is 0 Å². The van der Waals surface area contributed by atoms with Crippen molar-refractivity contribution in [2.24, 2.45) is 5.14 Å². The molecule has 0 aliphatic carbocycles. The molecule has 0 amide bonds. The molecule has 1 aromatic carbocycles. The summed E-state index contributed by atoms with van der Waals surface area (Å²) in [4.78, 5) is 3.60. The fourth-order valence-electron chi connectivity index (χ4n) is 1.96. The average molecular weight is 270 g/mol. The number of anilines is 1. The molecule has 5 heteroatoms. The monoisotopic (exact) mass is 270 g/mol. The lowest BCUT2D eigenvalue weighted by Gasteiger charge is -2.37. The molecule has 0 radical (unpaired) electrons. The number of hydrogen-bond acceptors (Lipinski definition) is 5. The normalized spacial score (nSPS) is 19.4. The Hall–Kier alpha value is -0.520. The van der Waals surface area contributed by atoms with Gasteiger partial charge in [-0.15, -0.1) is 0 Å². The Bertz CT molecular complexity index is 417. The molecule has 0 aromatic heterocycles. The second-order valence-electron chi connectivity index (χ2n) is 4.94. The van der Waals surface area contributed by atoms with Gasteiger partial charge in [0.05, 0.1) is 12.8 Å². The van der Waals surface area contributed by atoms with Gasteiger partial charge in [0.25, 0.3) is 0 Å². The number of fused-ring (bicyclic) bond motifs is 1. The number of rotatable bonds is 2. The molecule has 2 N–H and O–H groups in total. The predicted molar refractivity (Wildman–Crippen MR) is 76.6 cm³/mol. The highest BCUT2D eigenvalue weighted by molar-refractivity contribution is 8.16. The summed E-state index contributed by atoms with van der Waals surface area (Å²) in [7, 11) is 1.69. The second-order valence-corrected chi connectivity index (χ2v) is 7.07. The average Bonchev–Trinajstić information content (AvgIpc) is 2.65. The minimum Gasteiger partial charge on any atom is -0.497 e. The summed E-state index contributed by atoms with van der Waals surface area (Å²) in [5.41, 5.74) is 1.30. The lowest BCUT2D eigenvalue weighted by atomic mass is 10.1. The molecule has 2 rings (SSSR count).